The van der Waals surface area contributed by atoms with Crippen LogP contribution < -0.4 is 10.6 Å². The number of rotatable bonds is 4. The Bertz CT molecular complexity index is 153. The Balaban J connectivity index is 2.01. The summed E-state index contributed by atoms with van der Waals surface area (Å²) in [5, 5.41) is 6.29. The molecule has 0 aromatic carbocycles. The van der Waals surface area contributed by atoms with Gasteiger partial charge in [0.15, 0.2) is 0 Å². The van der Waals surface area contributed by atoms with Crippen molar-refractivity contribution in [1.29, 1.82) is 0 Å². The molecule has 0 radical (unpaired) electrons. The van der Waals surface area contributed by atoms with E-state index in [-0.39, 0.29) is 5.91 Å². The lowest BCUT2D eigenvalue weighted by Crippen LogP contribution is -2.33. The molecule has 1 fully saturated rings. The first-order chi connectivity index (χ1) is 6.33. The molecule has 2 N–H and O–H groups in total. The molecule has 0 bridgehead atoms. The molecule has 0 aromatic heterocycles. The van der Waals surface area contributed by atoms with E-state index in [0.29, 0.717) is 6.42 Å². The normalized spacial score (nSPS) is 22.7. The quantitative estimate of drug-likeness (QED) is 0.681. The maximum Gasteiger partial charge on any atom is 0.219 e. The molecular weight excluding hydrogens is 164 g/mol. The van der Waals surface area contributed by atoms with Gasteiger partial charge in [-0.15, -0.1) is 0 Å². The highest BCUT2D eigenvalue weighted by Crippen LogP contribution is 2.12. The van der Waals surface area contributed by atoms with Gasteiger partial charge in [0.1, 0.15) is 0 Å². The van der Waals surface area contributed by atoms with E-state index in [2.05, 4.69) is 10.6 Å². The molecule has 1 aliphatic heterocycles. The van der Waals surface area contributed by atoms with E-state index in [9.17, 15) is 4.79 Å². The molecule has 1 aliphatic rings. The fourth-order valence-corrected chi connectivity index (χ4v) is 1.71. The van der Waals surface area contributed by atoms with Crippen LogP contribution in [0.1, 0.15) is 32.6 Å². The van der Waals surface area contributed by atoms with Crippen molar-refractivity contribution < 1.29 is 4.79 Å². The van der Waals surface area contributed by atoms with Crippen molar-refractivity contribution >= 4 is 5.91 Å². The largest absolute Gasteiger partial charge is 0.356 e. The number of hydrogen-bond acceptors (Lipinski definition) is 2. The van der Waals surface area contributed by atoms with E-state index in [1.165, 1.54) is 12.8 Å². The Morgan fingerprint density at radius 2 is 2.46 bits per heavy atom. The first-order valence-electron chi connectivity index (χ1n) is 5.30. The van der Waals surface area contributed by atoms with Gasteiger partial charge in [-0.05, 0) is 38.3 Å². The Morgan fingerprint density at radius 3 is 3.08 bits per heavy atom. The standard InChI is InChI=1S/C10H20N2O/c1-2-10(13)12-7-5-9-4-3-6-11-8-9/h9,11H,2-8H2,1H3,(H,12,13). The lowest BCUT2D eigenvalue weighted by Gasteiger charge is -2.22. The summed E-state index contributed by atoms with van der Waals surface area (Å²) >= 11 is 0. The molecule has 3 heteroatoms. The second-order valence-electron chi connectivity index (χ2n) is 3.70. The van der Waals surface area contributed by atoms with Crippen LogP contribution in [0.2, 0.25) is 0 Å². The first kappa shape index (κ1) is 10.5. The van der Waals surface area contributed by atoms with Gasteiger partial charge in [-0.2, -0.15) is 0 Å². The molecular formula is C10H20N2O. The van der Waals surface area contributed by atoms with Crippen LogP contribution in [-0.2, 0) is 4.79 Å². The molecule has 1 atom stereocenters. The third kappa shape index (κ3) is 4.27. The topological polar surface area (TPSA) is 41.1 Å². The fourth-order valence-electron chi connectivity index (χ4n) is 1.71. The molecule has 1 rings (SSSR count). The monoisotopic (exact) mass is 184 g/mol. The molecule has 0 aliphatic carbocycles. The number of hydrogen-bond donors (Lipinski definition) is 2. The minimum Gasteiger partial charge on any atom is -0.356 e. The third-order valence-corrected chi connectivity index (χ3v) is 2.59. The maximum atomic E-state index is 10.9. The van der Waals surface area contributed by atoms with Crippen molar-refractivity contribution in [3.8, 4) is 0 Å². The van der Waals surface area contributed by atoms with Gasteiger partial charge in [-0.25, -0.2) is 0 Å². The number of nitrogens with one attached hydrogen (secondary N) is 2. The molecule has 0 aromatic rings. The second-order valence-corrected chi connectivity index (χ2v) is 3.70. The summed E-state index contributed by atoms with van der Waals surface area (Å²) in [7, 11) is 0. The predicted molar refractivity (Wildman–Crippen MR) is 53.5 cm³/mol. The van der Waals surface area contributed by atoms with E-state index in [0.717, 1.165) is 32.0 Å². The van der Waals surface area contributed by atoms with Crippen LogP contribution in [-0.4, -0.2) is 25.5 Å². The number of piperidine rings is 1. The molecule has 0 saturated carbocycles. The Kier molecular flexibility index (Phi) is 4.83. The predicted octanol–water partition coefficient (Wildman–Crippen LogP) is 0.902. The first-order valence-corrected chi connectivity index (χ1v) is 5.30. The summed E-state index contributed by atoms with van der Waals surface area (Å²) in [4.78, 5) is 10.9. The summed E-state index contributed by atoms with van der Waals surface area (Å²) in [6.07, 6.45) is 4.32. The molecule has 1 unspecified atom stereocenters. The summed E-state index contributed by atoms with van der Waals surface area (Å²) < 4.78 is 0. The summed E-state index contributed by atoms with van der Waals surface area (Å²) in [5.41, 5.74) is 0. The zero-order valence-electron chi connectivity index (χ0n) is 8.44. The zero-order chi connectivity index (χ0) is 9.52. The number of carbonyl (C=O) groups excluding carboxylic acids is 1. The van der Waals surface area contributed by atoms with Gasteiger partial charge in [0, 0.05) is 13.0 Å². The second kappa shape index (κ2) is 5.97. The molecule has 1 heterocycles. The number of amides is 1. The molecule has 0 spiro atoms. The third-order valence-electron chi connectivity index (χ3n) is 2.59. The van der Waals surface area contributed by atoms with Crippen molar-refractivity contribution in [1.82, 2.24) is 10.6 Å². The van der Waals surface area contributed by atoms with Gasteiger partial charge in [0.2, 0.25) is 5.91 Å². The summed E-state index contributed by atoms with van der Waals surface area (Å²) in [6, 6.07) is 0. The Morgan fingerprint density at radius 1 is 1.62 bits per heavy atom. The van der Waals surface area contributed by atoms with Crippen LogP contribution in [0, 0.1) is 5.92 Å². The average Bonchev–Trinajstić information content (AvgIpc) is 2.19. The van der Waals surface area contributed by atoms with E-state index >= 15 is 0 Å². The van der Waals surface area contributed by atoms with Crippen molar-refractivity contribution in [3.05, 3.63) is 0 Å². The van der Waals surface area contributed by atoms with Gasteiger partial charge in [-0.3, -0.25) is 4.79 Å². The van der Waals surface area contributed by atoms with Gasteiger partial charge in [-0.1, -0.05) is 6.92 Å². The van der Waals surface area contributed by atoms with Crippen LogP contribution >= 0.6 is 0 Å². The van der Waals surface area contributed by atoms with Gasteiger partial charge >= 0.3 is 0 Å². The molecule has 1 amide bonds. The highest BCUT2D eigenvalue weighted by atomic mass is 16.1. The van der Waals surface area contributed by atoms with Gasteiger partial charge in [0.25, 0.3) is 0 Å². The highest BCUT2D eigenvalue weighted by molar-refractivity contribution is 5.75. The van der Waals surface area contributed by atoms with Crippen molar-refractivity contribution in [3.63, 3.8) is 0 Å². The van der Waals surface area contributed by atoms with Gasteiger partial charge in [0.05, 0.1) is 0 Å². The smallest absolute Gasteiger partial charge is 0.219 e. The van der Waals surface area contributed by atoms with E-state index in [1.807, 2.05) is 6.92 Å². The van der Waals surface area contributed by atoms with E-state index in [4.69, 9.17) is 0 Å². The van der Waals surface area contributed by atoms with Crippen LogP contribution in [0.5, 0.6) is 0 Å². The average molecular weight is 184 g/mol. The molecule has 1 saturated heterocycles. The SMILES string of the molecule is CCC(=O)NCCC1CCCNC1. The van der Waals surface area contributed by atoms with Crippen LogP contribution in [0.25, 0.3) is 0 Å². The lowest BCUT2D eigenvalue weighted by molar-refractivity contribution is -0.120. The molecule has 13 heavy (non-hydrogen) atoms. The van der Waals surface area contributed by atoms with Crippen LogP contribution in [0.15, 0.2) is 0 Å². The Hall–Kier alpha value is -0.570. The van der Waals surface area contributed by atoms with E-state index in [1.54, 1.807) is 0 Å². The van der Waals surface area contributed by atoms with Crippen molar-refractivity contribution in [2.24, 2.45) is 5.92 Å². The minimum absolute atomic E-state index is 0.170. The van der Waals surface area contributed by atoms with E-state index < -0.39 is 0 Å². The molecule has 3 nitrogen and oxygen atoms in total. The Labute approximate surface area is 80.3 Å². The maximum absolute atomic E-state index is 10.9. The zero-order valence-corrected chi connectivity index (χ0v) is 8.44. The van der Waals surface area contributed by atoms with Crippen molar-refractivity contribution in [2.75, 3.05) is 19.6 Å². The minimum atomic E-state index is 0.170. The van der Waals surface area contributed by atoms with Crippen molar-refractivity contribution in [2.45, 2.75) is 32.6 Å². The van der Waals surface area contributed by atoms with Crippen LogP contribution in [0.3, 0.4) is 0 Å². The molecule has 76 valence electrons. The van der Waals surface area contributed by atoms with Gasteiger partial charge < -0.3 is 10.6 Å². The summed E-state index contributed by atoms with van der Waals surface area (Å²) in [6.45, 7) is 5.02. The van der Waals surface area contributed by atoms with Crippen LogP contribution in [0.4, 0.5) is 0 Å². The lowest BCUT2D eigenvalue weighted by atomic mass is 9.96. The summed E-state index contributed by atoms with van der Waals surface area (Å²) in [5.74, 6) is 0.940. The fraction of sp³-hybridized carbons (Fsp3) is 0.900. The highest BCUT2D eigenvalue weighted by Gasteiger charge is 2.12. The number of carbonyl (C=O) groups is 1.